The molecule has 13 heavy (non-hydrogen) atoms. The van der Waals surface area contributed by atoms with E-state index in [4.69, 9.17) is 0 Å². The Morgan fingerprint density at radius 1 is 1.54 bits per heavy atom. The third kappa shape index (κ3) is 1.42. The third-order valence-corrected chi connectivity index (χ3v) is 2.95. The zero-order valence-electron chi connectivity index (χ0n) is 7.03. The van der Waals surface area contributed by atoms with Crippen LogP contribution in [0.25, 0.3) is 10.3 Å². The van der Waals surface area contributed by atoms with Crippen LogP contribution >= 0.6 is 11.3 Å². The Morgan fingerprint density at radius 3 is 3.31 bits per heavy atom. The molecule has 2 heterocycles. The maximum absolute atomic E-state index is 4.37. The molecule has 1 aliphatic rings. The second-order valence-electron chi connectivity index (χ2n) is 3.43. The van der Waals surface area contributed by atoms with Crippen molar-refractivity contribution in [2.24, 2.45) is 5.92 Å². The van der Waals surface area contributed by atoms with Gasteiger partial charge in [-0.15, -0.1) is 11.3 Å². The largest absolute Gasteiger partial charge is 0.240 e. The monoisotopic (exact) mass is 190 g/mol. The van der Waals surface area contributed by atoms with Crippen molar-refractivity contribution in [2.75, 3.05) is 0 Å². The highest BCUT2D eigenvalue weighted by atomic mass is 32.1. The normalized spacial score (nSPS) is 16.6. The lowest BCUT2D eigenvalue weighted by Crippen LogP contribution is -1.95. The summed E-state index contributed by atoms with van der Waals surface area (Å²) >= 11 is 1.47. The first-order valence-electron chi connectivity index (χ1n) is 4.40. The summed E-state index contributed by atoms with van der Waals surface area (Å²) in [5.41, 5.74) is 3.62. The van der Waals surface area contributed by atoms with Crippen LogP contribution in [0, 0.1) is 11.4 Å². The van der Waals surface area contributed by atoms with Gasteiger partial charge in [0.25, 0.3) is 0 Å². The van der Waals surface area contributed by atoms with Gasteiger partial charge in [-0.05, 0) is 18.8 Å². The highest BCUT2D eigenvalue weighted by molar-refractivity contribution is 7.16. The summed E-state index contributed by atoms with van der Waals surface area (Å²) in [6.45, 7) is 0. The molecule has 0 spiro atoms. The van der Waals surface area contributed by atoms with Gasteiger partial charge in [-0.3, -0.25) is 0 Å². The summed E-state index contributed by atoms with van der Waals surface area (Å²) < 4.78 is 1.03. The Hall–Kier alpha value is -1.03. The van der Waals surface area contributed by atoms with Crippen molar-refractivity contribution in [3.8, 4) is 0 Å². The molecule has 0 bridgehead atoms. The minimum atomic E-state index is 0.802. The zero-order chi connectivity index (χ0) is 8.67. The van der Waals surface area contributed by atoms with Crippen LogP contribution < -0.4 is 0 Å². The fourth-order valence-electron chi connectivity index (χ4n) is 1.34. The van der Waals surface area contributed by atoms with E-state index in [-0.39, 0.29) is 0 Å². The summed E-state index contributed by atoms with van der Waals surface area (Å²) in [6.07, 6.45) is 5.55. The number of hydrogen-bond donors (Lipinski definition) is 0. The van der Waals surface area contributed by atoms with Gasteiger partial charge in [0.15, 0.2) is 11.2 Å². The number of nitrogens with zero attached hydrogens (tertiary/aromatic N) is 3. The summed E-state index contributed by atoms with van der Waals surface area (Å²) in [4.78, 5) is 12.7. The molecular weight excluding hydrogens is 182 g/mol. The maximum atomic E-state index is 4.37. The fourth-order valence-corrected chi connectivity index (χ4v) is 1.86. The van der Waals surface area contributed by atoms with Crippen LogP contribution in [0.4, 0.5) is 0 Å². The minimum Gasteiger partial charge on any atom is -0.240 e. The quantitative estimate of drug-likeness (QED) is 0.725. The molecule has 2 aromatic rings. The average Bonchev–Trinajstić information content (AvgIpc) is 2.83. The van der Waals surface area contributed by atoms with Gasteiger partial charge in [0, 0.05) is 6.42 Å². The molecule has 0 unspecified atom stereocenters. The highest BCUT2D eigenvalue weighted by Gasteiger charge is 2.22. The predicted molar refractivity (Wildman–Crippen MR) is 50.5 cm³/mol. The fraction of sp³-hybridized carbons (Fsp3) is 0.444. The van der Waals surface area contributed by atoms with E-state index in [0.29, 0.717) is 0 Å². The molecule has 1 radical (unpaired) electrons. The molecule has 1 fully saturated rings. The van der Waals surface area contributed by atoms with Gasteiger partial charge in [0.1, 0.15) is 5.82 Å². The van der Waals surface area contributed by atoms with Gasteiger partial charge < -0.3 is 0 Å². The van der Waals surface area contributed by atoms with Crippen molar-refractivity contribution in [1.29, 1.82) is 0 Å². The van der Waals surface area contributed by atoms with Gasteiger partial charge in [0.05, 0.1) is 10.9 Å². The Balaban J connectivity index is 1.99. The van der Waals surface area contributed by atoms with E-state index in [1.807, 2.05) is 6.20 Å². The molecule has 65 valence electrons. The lowest BCUT2D eigenvalue weighted by Gasteiger charge is -1.95. The van der Waals surface area contributed by atoms with E-state index < -0.39 is 0 Å². The Bertz CT molecular complexity index is 433. The lowest BCUT2D eigenvalue weighted by atomic mass is 10.3. The molecule has 0 aromatic carbocycles. The van der Waals surface area contributed by atoms with Crippen molar-refractivity contribution in [3.63, 3.8) is 0 Å². The first-order chi connectivity index (χ1) is 6.42. The molecule has 0 atom stereocenters. The first kappa shape index (κ1) is 7.38. The van der Waals surface area contributed by atoms with Gasteiger partial charge in [0.2, 0.25) is 0 Å². The Labute approximate surface area is 79.9 Å². The second-order valence-corrected chi connectivity index (χ2v) is 4.25. The number of aromatic nitrogens is 3. The molecule has 4 heteroatoms. The maximum Gasteiger partial charge on any atom is 0.174 e. The first-order valence-corrected chi connectivity index (χ1v) is 5.22. The number of fused-ring (bicyclic) bond motifs is 1. The van der Waals surface area contributed by atoms with E-state index in [1.165, 1.54) is 24.2 Å². The minimum absolute atomic E-state index is 0.802. The van der Waals surface area contributed by atoms with Crippen molar-refractivity contribution >= 4 is 21.7 Å². The van der Waals surface area contributed by atoms with Gasteiger partial charge in [-0.25, -0.2) is 15.0 Å². The van der Waals surface area contributed by atoms with Crippen LogP contribution in [0.1, 0.15) is 18.7 Å². The van der Waals surface area contributed by atoms with E-state index in [9.17, 15) is 0 Å². The van der Waals surface area contributed by atoms with Crippen LogP contribution in [0.3, 0.4) is 0 Å². The standard InChI is InChI=1S/C9H8N3S/c1-2-6(1)3-8-10-4-7-9(12-8)11-5-13-7/h4,6H,1-3H2. The lowest BCUT2D eigenvalue weighted by molar-refractivity contribution is 0.775. The summed E-state index contributed by atoms with van der Waals surface area (Å²) in [5, 5.41) is 0. The van der Waals surface area contributed by atoms with E-state index in [2.05, 4.69) is 20.5 Å². The molecule has 0 amide bonds. The molecule has 1 saturated carbocycles. The third-order valence-electron chi connectivity index (χ3n) is 2.26. The molecule has 0 saturated heterocycles. The molecule has 0 aliphatic heterocycles. The van der Waals surface area contributed by atoms with E-state index >= 15 is 0 Å². The number of thiazole rings is 1. The van der Waals surface area contributed by atoms with Crippen LogP contribution in [0.2, 0.25) is 0 Å². The van der Waals surface area contributed by atoms with Gasteiger partial charge in [-0.2, -0.15) is 0 Å². The van der Waals surface area contributed by atoms with Gasteiger partial charge >= 0.3 is 0 Å². The smallest absolute Gasteiger partial charge is 0.174 e. The number of hydrogen-bond acceptors (Lipinski definition) is 4. The van der Waals surface area contributed by atoms with Crippen LogP contribution in [-0.2, 0) is 6.42 Å². The van der Waals surface area contributed by atoms with E-state index in [1.54, 1.807) is 0 Å². The van der Waals surface area contributed by atoms with Crippen molar-refractivity contribution in [1.82, 2.24) is 15.0 Å². The Kier molecular flexibility index (Phi) is 1.55. The second kappa shape index (κ2) is 2.73. The molecular formula is C9H8N3S. The van der Waals surface area contributed by atoms with Crippen molar-refractivity contribution in [3.05, 3.63) is 17.5 Å². The van der Waals surface area contributed by atoms with E-state index in [0.717, 1.165) is 28.5 Å². The summed E-state index contributed by atoms with van der Waals surface area (Å²) in [6, 6.07) is 0. The van der Waals surface area contributed by atoms with Crippen LogP contribution in [0.5, 0.6) is 0 Å². The molecule has 1 aliphatic carbocycles. The van der Waals surface area contributed by atoms with Crippen molar-refractivity contribution in [2.45, 2.75) is 19.3 Å². The molecule has 0 N–H and O–H groups in total. The average molecular weight is 190 g/mol. The Morgan fingerprint density at radius 2 is 2.46 bits per heavy atom. The van der Waals surface area contributed by atoms with Crippen LogP contribution in [0.15, 0.2) is 6.20 Å². The van der Waals surface area contributed by atoms with Gasteiger partial charge in [-0.1, -0.05) is 0 Å². The summed E-state index contributed by atoms with van der Waals surface area (Å²) in [5.74, 6) is 1.77. The highest BCUT2D eigenvalue weighted by Crippen LogP contribution is 2.31. The SMILES string of the molecule is [c]1nc2nc(CC3CC3)ncc2s1. The van der Waals surface area contributed by atoms with Crippen molar-refractivity contribution < 1.29 is 0 Å². The predicted octanol–water partition coefficient (Wildman–Crippen LogP) is 1.84. The number of rotatable bonds is 2. The zero-order valence-corrected chi connectivity index (χ0v) is 7.84. The summed E-state index contributed by atoms with van der Waals surface area (Å²) in [7, 11) is 0. The molecule has 3 rings (SSSR count). The molecule has 2 aromatic heterocycles. The molecule has 3 nitrogen and oxygen atoms in total. The topological polar surface area (TPSA) is 38.7 Å². The van der Waals surface area contributed by atoms with Crippen LogP contribution in [-0.4, -0.2) is 15.0 Å².